The standard InChI is InChI=1S/C55H87NO18/c1-15-65-44(63)28-38(49(64)66-16-2)56-27-19-17-18-23-55(14,74-50-48(72-36(8)62)47(71-35(7)61)46(70-34(6)60)40(73-50)30-67-31(3)57)37-20-25-54(13)45(37)39(68-32(4)58)29-42-52(11)24-22-43(69-33(5)59)51(9,10)41(52)21-26-53(42,54)12/h37-43,45-48,50,56H,15-30H2,1-14H3/t37?,38?,39?,40-,41?,42?,43+,45+,46-,47+,48?,50-,52+,53-,54-,55?/m1/s1. The minimum absolute atomic E-state index is 0.136. The Hall–Kier alpha value is -4.36. The first kappa shape index (κ1) is 60.5. The zero-order valence-corrected chi connectivity index (χ0v) is 46.6. The van der Waals surface area contributed by atoms with Gasteiger partial charge in [-0.2, -0.15) is 0 Å². The van der Waals surface area contributed by atoms with Gasteiger partial charge in [-0.15, -0.1) is 0 Å². The van der Waals surface area contributed by atoms with E-state index in [-0.39, 0.29) is 71.6 Å². The summed E-state index contributed by atoms with van der Waals surface area (Å²) in [5.41, 5.74) is -2.27. The molecule has 0 radical (unpaired) electrons. The molecule has 5 aliphatic rings. The second kappa shape index (κ2) is 24.8. The fourth-order valence-electron chi connectivity index (χ4n) is 14.9. The van der Waals surface area contributed by atoms with Crippen molar-refractivity contribution in [2.75, 3.05) is 26.4 Å². The van der Waals surface area contributed by atoms with Crippen LogP contribution in [0.1, 0.15) is 174 Å². The predicted molar refractivity (Wildman–Crippen MR) is 265 cm³/mol. The molecule has 0 aromatic heterocycles. The Bertz CT molecular complexity index is 2040. The van der Waals surface area contributed by atoms with E-state index in [4.69, 9.17) is 47.4 Å². The van der Waals surface area contributed by atoms with Crippen molar-refractivity contribution >= 4 is 47.8 Å². The van der Waals surface area contributed by atoms with Crippen LogP contribution in [0, 0.1) is 45.3 Å². The number of hydrogen-bond donors (Lipinski definition) is 1. The Balaban J connectivity index is 1.57. The maximum Gasteiger partial charge on any atom is 0.323 e. The van der Waals surface area contributed by atoms with E-state index in [1.54, 1.807) is 13.8 Å². The minimum atomic E-state index is -1.47. The molecule has 4 saturated carbocycles. The highest BCUT2D eigenvalue weighted by Crippen LogP contribution is 2.76. The topological polar surface area (TPSA) is 241 Å². The van der Waals surface area contributed by atoms with Crippen LogP contribution in [-0.2, 0) is 85.7 Å². The van der Waals surface area contributed by atoms with Crippen molar-refractivity contribution < 1.29 is 85.7 Å². The molecule has 1 aliphatic heterocycles. The number of carbonyl (C=O) groups is 8. The van der Waals surface area contributed by atoms with Crippen LogP contribution in [0.4, 0.5) is 0 Å². The monoisotopic (exact) mass is 1050 g/mol. The summed E-state index contributed by atoms with van der Waals surface area (Å²) >= 11 is 0. The van der Waals surface area contributed by atoms with Crippen LogP contribution in [0.15, 0.2) is 0 Å². The molecule has 16 atom stereocenters. The summed E-state index contributed by atoms with van der Waals surface area (Å²) in [4.78, 5) is 102. The van der Waals surface area contributed by atoms with Crippen LogP contribution >= 0.6 is 0 Å². The van der Waals surface area contributed by atoms with Crippen molar-refractivity contribution in [1.29, 1.82) is 0 Å². The van der Waals surface area contributed by atoms with Crippen molar-refractivity contribution in [2.45, 2.75) is 229 Å². The third-order valence-electron chi connectivity index (χ3n) is 18.0. The highest BCUT2D eigenvalue weighted by Gasteiger charge is 2.73. The van der Waals surface area contributed by atoms with Crippen LogP contribution in [0.5, 0.6) is 0 Å². The maximum atomic E-state index is 13.4. The maximum absolute atomic E-state index is 13.4. The Kier molecular flexibility index (Phi) is 20.2. The summed E-state index contributed by atoms with van der Waals surface area (Å²) in [6, 6.07) is -0.900. The molecule has 420 valence electrons. The lowest BCUT2D eigenvalue weighted by molar-refractivity contribution is -0.339. The molecule has 1 heterocycles. The van der Waals surface area contributed by atoms with E-state index < -0.39 is 102 Å². The molecule has 0 amide bonds. The minimum Gasteiger partial charge on any atom is -0.466 e. The van der Waals surface area contributed by atoms with E-state index in [0.717, 1.165) is 39.0 Å². The van der Waals surface area contributed by atoms with E-state index in [1.807, 2.05) is 6.92 Å². The second-order valence-electron chi connectivity index (χ2n) is 23.1. The first-order valence-corrected chi connectivity index (χ1v) is 27.0. The lowest BCUT2D eigenvalue weighted by Gasteiger charge is -2.70. The number of ether oxygens (including phenoxy) is 10. The van der Waals surface area contributed by atoms with E-state index in [2.05, 4.69) is 39.9 Å². The van der Waals surface area contributed by atoms with Crippen LogP contribution in [0.25, 0.3) is 0 Å². The van der Waals surface area contributed by atoms with Gasteiger partial charge in [0.05, 0.1) is 25.2 Å². The third-order valence-corrected chi connectivity index (χ3v) is 18.0. The fourth-order valence-corrected chi connectivity index (χ4v) is 14.9. The van der Waals surface area contributed by atoms with Crippen molar-refractivity contribution in [3.8, 4) is 0 Å². The predicted octanol–water partition coefficient (Wildman–Crippen LogP) is 7.04. The van der Waals surface area contributed by atoms with Gasteiger partial charge in [-0.25, -0.2) is 0 Å². The number of hydrogen-bond acceptors (Lipinski definition) is 19. The van der Waals surface area contributed by atoms with E-state index in [9.17, 15) is 38.4 Å². The first-order valence-electron chi connectivity index (χ1n) is 27.0. The number of rotatable bonds is 22. The van der Waals surface area contributed by atoms with E-state index >= 15 is 0 Å². The molecule has 1 saturated heterocycles. The Labute approximate surface area is 437 Å². The van der Waals surface area contributed by atoms with Gasteiger partial charge in [-0.1, -0.05) is 47.5 Å². The molecule has 5 fully saturated rings. The fraction of sp³-hybridized carbons (Fsp3) is 0.855. The number of fused-ring (bicyclic) bond motifs is 5. The average molecular weight is 1050 g/mol. The van der Waals surface area contributed by atoms with Gasteiger partial charge in [0.2, 0.25) is 0 Å². The summed E-state index contributed by atoms with van der Waals surface area (Å²) in [6.45, 7) is 24.9. The molecule has 74 heavy (non-hydrogen) atoms. The molecule has 0 aromatic rings. The molecule has 5 rings (SSSR count). The zero-order chi connectivity index (χ0) is 55.1. The van der Waals surface area contributed by atoms with Gasteiger partial charge in [-0.05, 0) is 119 Å². The Morgan fingerprint density at radius 3 is 1.82 bits per heavy atom. The van der Waals surface area contributed by atoms with Crippen molar-refractivity contribution in [3.05, 3.63) is 0 Å². The molecule has 0 bridgehead atoms. The van der Waals surface area contributed by atoms with Gasteiger partial charge < -0.3 is 52.7 Å². The molecule has 7 unspecified atom stereocenters. The second-order valence-corrected chi connectivity index (χ2v) is 23.1. The van der Waals surface area contributed by atoms with Crippen LogP contribution in [-0.4, -0.2) is 129 Å². The zero-order valence-electron chi connectivity index (χ0n) is 46.6. The quantitative estimate of drug-likeness (QED) is 0.0649. The molecule has 19 heteroatoms. The van der Waals surface area contributed by atoms with Crippen LogP contribution < -0.4 is 5.32 Å². The number of unbranched alkanes of at least 4 members (excludes halogenated alkanes) is 2. The average Bonchev–Trinajstić information content (AvgIpc) is 3.67. The van der Waals surface area contributed by atoms with Gasteiger partial charge in [0, 0.05) is 52.9 Å². The number of esters is 8. The van der Waals surface area contributed by atoms with Crippen LogP contribution in [0.2, 0.25) is 0 Å². The third kappa shape index (κ3) is 13.2. The van der Waals surface area contributed by atoms with Gasteiger partial charge >= 0.3 is 47.8 Å². The molecule has 1 N–H and O–H groups in total. The SMILES string of the molecule is CCOC(=O)CC(NCCCCCC(C)(O[C@H]1O[C@H](COC(C)=O)[C@@H](OC(C)=O)[C@H](OC(C)=O)C1OC(C)=O)C1CC[C@]2(C)[C@@H]1C(OC(C)=O)CC1[C@@]3(C)CC[C@H](OC(C)=O)C(C)(C)C3CC[C@]12C)C(=O)OCC. The number of carbonyl (C=O) groups excluding carboxylic acids is 8. The largest absolute Gasteiger partial charge is 0.466 e. The molecular weight excluding hydrogens is 963 g/mol. The Morgan fingerprint density at radius 2 is 1.23 bits per heavy atom. The molecule has 0 aromatic carbocycles. The van der Waals surface area contributed by atoms with Crippen molar-refractivity contribution in [3.63, 3.8) is 0 Å². The van der Waals surface area contributed by atoms with Crippen LogP contribution in [0.3, 0.4) is 0 Å². The van der Waals surface area contributed by atoms with Crippen molar-refractivity contribution in [2.24, 2.45) is 45.3 Å². The summed E-state index contributed by atoms with van der Waals surface area (Å²) in [5.74, 6) is -4.89. The highest BCUT2D eigenvalue weighted by atomic mass is 16.7. The normalized spacial score (nSPS) is 35.1. The summed E-state index contributed by atoms with van der Waals surface area (Å²) < 4.78 is 59.7. The highest BCUT2D eigenvalue weighted by molar-refractivity contribution is 5.82. The van der Waals surface area contributed by atoms with E-state index in [1.165, 1.54) is 34.6 Å². The molecule has 4 aliphatic carbocycles. The van der Waals surface area contributed by atoms with Gasteiger partial charge in [0.15, 0.2) is 24.6 Å². The lowest BCUT2D eigenvalue weighted by Crippen LogP contribution is -2.67. The first-order chi connectivity index (χ1) is 34.6. The lowest BCUT2D eigenvalue weighted by atomic mass is 9.35. The summed E-state index contributed by atoms with van der Waals surface area (Å²) in [7, 11) is 0. The molecule has 19 nitrogen and oxygen atoms in total. The molecule has 0 spiro atoms. The van der Waals surface area contributed by atoms with E-state index in [0.29, 0.717) is 45.1 Å². The smallest absolute Gasteiger partial charge is 0.323 e. The van der Waals surface area contributed by atoms with Gasteiger partial charge in [0.1, 0.15) is 31.0 Å². The summed E-state index contributed by atoms with van der Waals surface area (Å²) in [5, 5.41) is 3.18. The summed E-state index contributed by atoms with van der Waals surface area (Å²) in [6.07, 6.45) is -0.362. The van der Waals surface area contributed by atoms with Crippen molar-refractivity contribution in [1.82, 2.24) is 5.32 Å². The Morgan fingerprint density at radius 1 is 0.635 bits per heavy atom. The van der Waals surface area contributed by atoms with Gasteiger partial charge in [-0.3, -0.25) is 38.4 Å². The van der Waals surface area contributed by atoms with Gasteiger partial charge in [0.25, 0.3) is 0 Å². The number of nitrogens with one attached hydrogen (secondary N) is 1. The molecular formula is C55H87NO18.